The van der Waals surface area contributed by atoms with Crippen LogP contribution in [0.25, 0.3) is 0 Å². The fourth-order valence-corrected chi connectivity index (χ4v) is 1.99. The fraction of sp³-hybridized carbons (Fsp3) is 1.00. The van der Waals surface area contributed by atoms with Crippen molar-refractivity contribution in [2.75, 3.05) is 0 Å². The summed E-state index contributed by atoms with van der Waals surface area (Å²) in [5, 5.41) is 0. The molecule has 0 atom stereocenters. The third kappa shape index (κ3) is 10.4. The number of hydrogen-bond donors (Lipinski definition) is 0. The van der Waals surface area contributed by atoms with Gasteiger partial charge in [0, 0.05) is 19.8 Å². The zero-order chi connectivity index (χ0) is 8.36. The van der Waals surface area contributed by atoms with Gasteiger partial charge in [-0.25, -0.2) is 0 Å². The summed E-state index contributed by atoms with van der Waals surface area (Å²) in [6, 6.07) is 2.63. The predicted molar refractivity (Wildman–Crippen MR) is 54.7 cm³/mol. The largest absolute Gasteiger partial charge is 0.0733 e. The van der Waals surface area contributed by atoms with Crippen LogP contribution in [0, 0.1) is 0 Å². The topological polar surface area (TPSA) is 0 Å². The van der Waals surface area contributed by atoms with Gasteiger partial charge in [-0.3, -0.25) is 0 Å². The average Bonchev–Trinajstić information content (AvgIpc) is 2.03. The molecule has 0 saturated heterocycles. The van der Waals surface area contributed by atoms with Gasteiger partial charge < -0.3 is 0 Å². The molecule has 0 unspecified atom stereocenters. The van der Waals surface area contributed by atoms with E-state index < -0.39 is 0 Å². The molecule has 11 heavy (non-hydrogen) atoms. The Kier molecular flexibility index (Phi) is 10.8. The van der Waals surface area contributed by atoms with Crippen molar-refractivity contribution in [1.29, 1.82) is 0 Å². The molecular weight excluding hydrogens is 164 g/mol. The summed E-state index contributed by atoms with van der Waals surface area (Å²) in [5.74, 6) is 0. The quantitative estimate of drug-likeness (QED) is 0.401. The van der Waals surface area contributed by atoms with Crippen LogP contribution in [-0.4, -0.2) is 19.8 Å². The van der Waals surface area contributed by atoms with Crippen LogP contribution < -0.4 is 0 Å². The molecule has 0 heterocycles. The van der Waals surface area contributed by atoms with E-state index in [1.54, 1.807) is 0 Å². The van der Waals surface area contributed by atoms with E-state index in [4.69, 9.17) is 0 Å². The van der Waals surface area contributed by atoms with Gasteiger partial charge >= 0.3 is 0 Å². The van der Waals surface area contributed by atoms with E-state index in [9.17, 15) is 0 Å². The van der Waals surface area contributed by atoms with E-state index in [2.05, 4.69) is 16.8 Å². The molecule has 5 radical (unpaired) electrons. The molecule has 0 amide bonds. The lowest BCUT2D eigenvalue weighted by molar-refractivity contribution is 0.624. The summed E-state index contributed by atoms with van der Waals surface area (Å²) in [7, 11) is 4.65. The zero-order valence-electron chi connectivity index (χ0n) is 7.66. The van der Waals surface area contributed by atoms with Gasteiger partial charge in [0.05, 0.1) is 0 Å². The number of unbranched alkanes of at least 4 members (excludes halogenated alkanes) is 5. The van der Waals surface area contributed by atoms with E-state index in [0.717, 1.165) is 9.52 Å². The summed E-state index contributed by atoms with van der Waals surface area (Å²) < 4.78 is 0. The van der Waals surface area contributed by atoms with Crippen LogP contribution in [0.1, 0.15) is 38.5 Å². The Morgan fingerprint density at radius 2 is 1.45 bits per heavy atom. The van der Waals surface area contributed by atoms with Gasteiger partial charge in [-0.05, 0) is 0 Å². The maximum absolute atomic E-state index is 3.49. The van der Waals surface area contributed by atoms with Crippen molar-refractivity contribution in [2.45, 2.75) is 57.2 Å². The van der Waals surface area contributed by atoms with Crippen molar-refractivity contribution in [3.05, 3.63) is 0 Å². The predicted octanol–water partition coefficient (Wildman–Crippen LogP) is 3.08. The van der Waals surface area contributed by atoms with E-state index in [1.165, 1.54) is 50.6 Å². The summed E-state index contributed by atoms with van der Waals surface area (Å²) in [6.45, 7) is 2.30. The molecule has 0 N–H and O–H groups in total. The highest BCUT2D eigenvalue weighted by molar-refractivity contribution is 6.33. The van der Waals surface area contributed by atoms with E-state index in [-0.39, 0.29) is 0 Å². The van der Waals surface area contributed by atoms with Crippen LogP contribution in [0.3, 0.4) is 0 Å². The molecule has 0 saturated carbocycles. The lowest BCUT2D eigenvalue weighted by atomic mass is 10.1. The summed E-state index contributed by atoms with van der Waals surface area (Å²) in [4.78, 5) is 0. The molecular formula is C9H19Si2. The fourth-order valence-electron chi connectivity index (χ4n) is 1.13. The van der Waals surface area contributed by atoms with E-state index >= 15 is 0 Å². The van der Waals surface area contributed by atoms with Crippen molar-refractivity contribution in [3.63, 3.8) is 0 Å². The Labute approximate surface area is 77.4 Å². The van der Waals surface area contributed by atoms with Gasteiger partial charge in [0.2, 0.25) is 0 Å². The van der Waals surface area contributed by atoms with Crippen molar-refractivity contribution in [2.24, 2.45) is 0 Å². The molecule has 0 nitrogen and oxygen atoms in total. The van der Waals surface area contributed by atoms with E-state index in [1.807, 2.05) is 0 Å². The van der Waals surface area contributed by atoms with Gasteiger partial charge in [0.15, 0.2) is 0 Å². The molecule has 63 valence electrons. The van der Waals surface area contributed by atoms with E-state index in [0.29, 0.717) is 0 Å². The highest BCUT2D eigenvalue weighted by Gasteiger charge is 1.89. The molecule has 0 aliphatic carbocycles. The third-order valence-electron chi connectivity index (χ3n) is 1.85. The summed E-state index contributed by atoms with van der Waals surface area (Å²) >= 11 is 0. The molecule has 0 aromatic rings. The second-order valence-electron chi connectivity index (χ2n) is 2.97. The first-order chi connectivity index (χ1) is 5.41. The minimum atomic E-state index is 1.16. The monoisotopic (exact) mass is 183 g/mol. The lowest BCUT2D eigenvalue weighted by Gasteiger charge is -1.98. The van der Waals surface area contributed by atoms with Gasteiger partial charge in [-0.1, -0.05) is 57.2 Å². The first-order valence-corrected chi connectivity index (χ1v) is 7.12. The van der Waals surface area contributed by atoms with Crippen LogP contribution in [0.15, 0.2) is 0 Å². The Balaban J connectivity index is 2.69. The maximum Gasteiger partial charge on any atom is 0.0342 e. The minimum Gasteiger partial charge on any atom is -0.0733 e. The van der Waals surface area contributed by atoms with Crippen LogP contribution in [0.4, 0.5) is 0 Å². The maximum atomic E-state index is 3.49. The highest BCUT2D eigenvalue weighted by Crippen LogP contribution is 2.07. The van der Waals surface area contributed by atoms with Crippen molar-refractivity contribution < 1.29 is 0 Å². The third-order valence-corrected chi connectivity index (χ3v) is 3.06. The minimum absolute atomic E-state index is 1.16. The van der Waals surface area contributed by atoms with Gasteiger partial charge in [-0.2, -0.15) is 0 Å². The number of rotatable bonds is 8. The molecule has 0 aliphatic heterocycles. The second kappa shape index (κ2) is 10.4. The second-order valence-corrected chi connectivity index (χ2v) is 4.68. The Bertz CT molecular complexity index is 56.6. The van der Waals surface area contributed by atoms with Gasteiger partial charge in [-0.15, -0.1) is 0 Å². The molecule has 0 fully saturated rings. The summed E-state index contributed by atoms with van der Waals surface area (Å²) in [6.07, 6.45) is 8.59. The molecule has 0 aromatic heterocycles. The van der Waals surface area contributed by atoms with Gasteiger partial charge in [0.25, 0.3) is 0 Å². The Morgan fingerprint density at radius 3 is 2.00 bits per heavy atom. The zero-order valence-corrected chi connectivity index (χ0v) is 9.66. The first-order valence-electron chi connectivity index (χ1n) is 4.71. The summed E-state index contributed by atoms with van der Waals surface area (Å²) in [5.41, 5.74) is 0. The molecule has 0 aliphatic rings. The normalized spacial score (nSPS) is 10.4. The smallest absolute Gasteiger partial charge is 0.0342 e. The molecule has 0 spiro atoms. The molecule has 2 heteroatoms. The number of hydrogen-bond acceptors (Lipinski definition) is 0. The van der Waals surface area contributed by atoms with Crippen LogP contribution in [-0.2, 0) is 0 Å². The van der Waals surface area contributed by atoms with Crippen molar-refractivity contribution in [3.8, 4) is 0 Å². The van der Waals surface area contributed by atoms with Crippen LogP contribution in [0.5, 0.6) is 0 Å². The highest BCUT2D eigenvalue weighted by atomic mass is 28.2. The SMILES string of the molecule is C[Si]CCCCCCCC[Si]. The Hall–Kier alpha value is 0.434. The standard InChI is InChI=1S/C9H19Si2/c1-11-9-7-5-3-2-4-6-8-10/h2-9H2,1H3. The van der Waals surface area contributed by atoms with Crippen LogP contribution >= 0.6 is 0 Å². The van der Waals surface area contributed by atoms with Gasteiger partial charge in [0.1, 0.15) is 0 Å². The molecule has 0 rings (SSSR count). The average molecular weight is 183 g/mol. The lowest BCUT2D eigenvalue weighted by Crippen LogP contribution is -1.83. The van der Waals surface area contributed by atoms with Crippen molar-refractivity contribution >= 4 is 19.8 Å². The molecule has 0 aromatic carbocycles. The first kappa shape index (κ1) is 11.4. The molecule has 0 bridgehead atoms. The van der Waals surface area contributed by atoms with Crippen molar-refractivity contribution in [1.82, 2.24) is 0 Å². The Morgan fingerprint density at radius 1 is 0.909 bits per heavy atom. The van der Waals surface area contributed by atoms with Crippen LogP contribution in [0.2, 0.25) is 18.6 Å².